The van der Waals surface area contributed by atoms with Crippen molar-refractivity contribution < 1.29 is 24.8 Å². The lowest BCUT2D eigenvalue weighted by Gasteiger charge is -2.14. The summed E-state index contributed by atoms with van der Waals surface area (Å²) in [5.41, 5.74) is 0. The molecule has 0 spiro atoms. The minimum Gasteiger partial charge on any atom is -0.429 e. The molecule has 0 saturated heterocycles. The van der Waals surface area contributed by atoms with E-state index >= 15 is 0 Å². The summed E-state index contributed by atoms with van der Waals surface area (Å²) in [6.07, 6.45) is 2.64. The van der Waals surface area contributed by atoms with Gasteiger partial charge in [0.05, 0.1) is 0 Å². The molecule has 1 unspecified atom stereocenters. The lowest BCUT2D eigenvalue weighted by Crippen LogP contribution is -2.19. The molecule has 2 N–H and O–H groups in total. The van der Waals surface area contributed by atoms with Crippen molar-refractivity contribution in [3.63, 3.8) is 0 Å². The van der Waals surface area contributed by atoms with Gasteiger partial charge in [-0.05, 0) is 12.8 Å². The fraction of sp³-hybridized carbons (Fsp3) is 0.889. The highest BCUT2D eigenvalue weighted by atomic mass is 17.1. The van der Waals surface area contributed by atoms with Gasteiger partial charge >= 0.3 is 6.16 Å². The second kappa shape index (κ2) is 8.77. The molecule has 0 amide bonds. The smallest absolute Gasteiger partial charge is 0.429 e. The third kappa shape index (κ3) is 6.68. The zero-order valence-corrected chi connectivity index (χ0v) is 8.44. The van der Waals surface area contributed by atoms with E-state index < -0.39 is 6.16 Å². The van der Waals surface area contributed by atoms with Gasteiger partial charge in [-0.3, -0.25) is 4.89 Å². The van der Waals surface area contributed by atoms with Crippen molar-refractivity contribution in [2.45, 2.75) is 45.1 Å². The molecule has 0 aliphatic heterocycles. The Morgan fingerprint density at radius 3 is 2.57 bits per heavy atom. The van der Waals surface area contributed by atoms with Gasteiger partial charge in [-0.1, -0.05) is 19.8 Å². The SMILES string of the molecule is CCCCCC(CCO)OC(=O)OO. The number of hydrogen-bond acceptors (Lipinski definition) is 5. The van der Waals surface area contributed by atoms with Crippen LogP contribution < -0.4 is 0 Å². The molecule has 0 aromatic rings. The van der Waals surface area contributed by atoms with Crippen molar-refractivity contribution in [3.05, 3.63) is 0 Å². The standard InChI is InChI=1S/C9H18O5/c1-2-3-4-5-8(6-7-10)13-9(11)14-12/h8,10,12H,2-7H2,1H3. The van der Waals surface area contributed by atoms with Crippen LogP contribution in [0, 0.1) is 0 Å². The molecule has 0 saturated carbocycles. The van der Waals surface area contributed by atoms with Crippen LogP contribution in [0.4, 0.5) is 4.79 Å². The number of rotatable bonds is 7. The topological polar surface area (TPSA) is 76.0 Å². The van der Waals surface area contributed by atoms with E-state index in [9.17, 15) is 4.79 Å². The fourth-order valence-electron chi connectivity index (χ4n) is 1.19. The maximum Gasteiger partial charge on any atom is 0.540 e. The van der Waals surface area contributed by atoms with Crippen LogP contribution in [0.15, 0.2) is 0 Å². The van der Waals surface area contributed by atoms with Crippen LogP contribution in [0.2, 0.25) is 0 Å². The summed E-state index contributed by atoms with van der Waals surface area (Å²) < 4.78 is 4.72. The fourth-order valence-corrected chi connectivity index (χ4v) is 1.19. The van der Waals surface area contributed by atoms with Gasteiger partial charge in [0, 0.05) is 13.0 Å². The molecule has 5 nitrogen and oxygen atoms in total. The van der Waals surface area contributed by atoms with Gasteiger partial charge in [0.2, 0.25) is 0 Å². The highest BCUT2D eigenvalue weighted by Crippen LogP contribution is 2.10. The summed E-state index contributed by atoms with van der Waals surface area (Å²) in [4.78, 5) is 13.9. The molecule has 0 aliphatic carbocycles. The van der Waals surface area contributed by atoms with Crippen LogP contribution in [0.1, 0.15) is 39.0 Å². The monoisotopic (exact) mass is 206 g/mol. The maximum absolute atomic E-state index is 10.6. The number of aliphatic hydroxyl groups is 1. The highest BCUT2D eigenvalue weighted by Gasteiger charge is 2.14. The largest absolute Gasteiger partial charge is 0.540 e. The van der Waals surface area contributed by atoms with E-state index in [4.69, 9.17) is 15.1 Å². The summed E-state index contributed by atoms with van der Waals surface area (Å²) in [6.45, 7) is 2.03. The number of unbranched alkanes of at least 4 members (excludes halogenated alkanes) is 2. The second-order valence-electron chi connectivity index (χ2n) is 3.09. The first kappa shape index (κ1) is 13.2. The lowest BCUT2D eigenvalue weighted by molar-refractivity contribution is -0.206. The van der Waals surface area contributed by atoms with Crippen LogP contribution in [0.5, 0.6) is 0 Å². The molecule has 0 aliphatic rings. The number of aliphatic hydroxyl groups excluding tert-OH is 1. The van der Waals surface area contributed by atoms with Crippen molar-refractivity contribution in [1.82, 2.24) is 0 Å². The molecule has 0 radical (unpaired) electrons. The Hall–Kier alpha value is -0.810. The molecule has 0 fully saturated rings. The lowest BCUT2D eigenvalue weighted by atomic mass is 10.1. The Bertz CT molecular complexity index is 148. The summed E-state index contributed by atoms with van der Waals surface area (Å²) in [5.74, 6) is 0. The van der Waals surface area contributed by atoms with Crippen LogP contribution >= 0.6 is 0 Å². The molecule has 0 aromatic carbocycles. The zero-order valence-electron chi connectivity index (χ0n) is 8.44. The average Bonchev–Trinajstić information content (AvgIpc) is 2.18. The molecule has 1 atom stereocenters. The van der Waals surface area contributed by atoms with E-state index in [0.717, 1.165) is 19.3 Å². The second-order valence-corrected chi connectivity index (χ2v) is 3.09. The Labute approximate surface area is 83.6 Å². The van der Waals surface area contributed by atoms with Gasteiger partial charge in [0.15, 0.2) is 0 Å². The molecule has 0 rings (SSSR count). The minimum atomic E-state index is -1.11. The van der Waals surface area contributed by atoms with Crippen LogP contribution in [0.3, 0.4) is 0 Å². The summed E-state index contributed by atoms with van der Waals surface area (Å²) in [6, 6.07) is 0. The van der Waals surface area contributed by atoms with Gasteiger partial charge in [-0.2, -0.15) is 5.26 Å². The van der Waals surface area contributed by atoms with Crippen molar-refractivity contribution >= 4 is 6.16 Å². The highest BCUT2D eigenvalue weighted by molar-refractivity contribution is 5.59. The predicted octanol–water partition coefficient (Wildman–Crippen LogP) is 1.94. The van der Waals surface area contributed by atoms with Gasteiger partial charge < -0.3 is 9.84 Å². The van der Waals surface area contributed by atoms with E-state index in [1.165, 1.54) is 0 Å². The van der Waals surface area contributed by atoms with Gasteiger partial charge in [-0.15, -0.1) is 0 Å². The van der Waals surface area contributed by atoms with E-state index in [-0.39, 0.29) is 12.7 Å². The van der Waals surface area contributed by atoms with E-state index in [2.05, 4.69) is 11.8 Å². The minimum absolute atomic E-state index is 0.0461. The van der Waals surface area contributed by atoms with Gasteiger partial charge in [0.1, 0.15) is 6.10 Å². The van der Waals surface area contributed by atoms with Gasteiger partial charge in [-0.25, -0.2) is 4.79 Å². The Morgan fingerprint density at radius 2 is 2.07 bits per heavy atom. The molecule has 0 aromatic heterocycles. The molecule has 84 valence electrons. The summed E-state index contributed by atoms with van der Waals surface area (Å²) in [5, 5.41) is 16.7. The van der Waals surface area contributed by atoms with Crippen molar-refractivity contribution in [2.24, 2.45) is 0 Å². The van der Waals surface area contributed by atoms with E-state index in [0.29, 0.717) is 12.8 Å². The van der Waals surface area contributed by atoms with Crippen LogP contribution in [-0.4, -0.2) is 29.2 Å². The first-order valence-electron chi connectivity index (χ1n) is 4.87. The molecular formula is C9H18O5. The van der Waals surface area contributed by atoms with Crippen molar-refractivity contribution in [2.75, 3.05) is 6.61 Å². The van der Waals surface area contributed by atoms with Crippen LogP contribution in [-0.2, 0) is 9.62 Å². The average molecular weight is 206 g/mol. The Morgan fingerprint density at radius 1 is 1.36 bits per heavy atom. The summed E-state index contributed by atoms with van der Waals surface area (Å²) >= 11 is 0. The quantitative estimate of drug-likeness (QED) is 0.288. The number of ether oxygens (including phenoxy) is 1. The number of carbonyl (C=O) groups excluding carboxylic acids is 1. The number of carbonyl (C=O) groups is 1. The first-order chi connectivity index (χ1) is 6.74. The maximum atomic E-state index is 10.6. The van der Waals surface area contributed by atoms with Crippen molar-refractivity contribution in [1.29, 1.82) is 0 Å². The number of hydrogen-bond donors (Lipinski definition) is 2. The van der Waals surface area contributed by atoms with Crippen LogP contribution in [0.25, 0.3) is 0 Å². The Kier molecular flexibility index (Phi) is 8.27. The zero-order chi connectivity index (χ0) is 10.8. The third-order valence-corrected chi connectivity index (χ3v) is 1.92. The van der Waals surface area contributed by atoms with Gasteiger partial charge in [0.25, 0.3) is 0 Å². The Balaban J connectivity index is 3.70. The third-order valence-electron chi connectivity index (χ3n) is 1.92. The predicted molar refractivity (Wildman–Crippen MR) is 49.8 cm³/mol. The summed E-state index contributed by atoms with van der Waals surface area (Å²) in [7, 11) is 0. The molecule has 0 heterocycles. The normalized spacial score (nSPS) is 12.2. The molecule has 5 heteroatoms. The van der Waals surface area contributed by atoms with E-state index in [1.54, 1.807) is 0 Å². The molecule has 0 bridgehead atoms. The molecule has 14 heavy (non-hydrogen) atoms. The van der Waals surface area contributed by atoms with E-state index in [1.807, 2.05) is 0 Å². The van der Waals surface area contributed by atoms with Crippen molar-refractivity contribution in [3.8, 4) is 0 Å². The first-order valence-corrected chi connectivity index (χ1v) is 4.87. The molecular weight excluding hydrogens is 188 g/mol.